The van der Waals surface area contributed by atoms with Crippen molar-refractivity contribution in [1.29, 1.82) is 0 Å². The van der Waals surface area contributed by atoms with Crippen molar-refractivity contribution < 1.29 is 17.9 Å². The minimum atomic E-state index is -3.27. The smallest absolute Gasteiger partial charge is 0.237 e. The molecule has 0 N–H and O–H groups in total. The molecular formula is C20H31N3O4S. The topological polar surface area (TPSA) is 79.8 Å². The van der Waals surface area contributed by atoms with Gasteiger partial charge in [-0.25, -0.2) is 13.4 Å². The van der Waals surface area contributed by atoms with Crippen LogP contribution in [0.15, 0.2) is 18.3 Å². The number of piperidine rings is 1. The molecule has 1 aromatic rings. The van der Waals surface area contributed by atoms with Crippen LogP contribution in [0.25, 0.3) is 0 Å². The molecule has 0 aromatic carbocycles. The Balaban J connectivity index is 1.52. The van der Waals surface area contributed by atoms with Gasteiger partial charge in [-0.1, -0.05) is 13.8 Å². The van der Waals surface area contributed by atoms with Crippen LogP contribution < -0.4 is 9.04 Å². The first kappa shape index (κ1) is 20.9. The number of carbonyl (C=O) groups excluding carboxylic acids is 1. The molecule has 1 aromatic heterocycles. The number of rotatable bonds is 8. The number of aromatic nitrogens is 1. The SMILES string of the molecule is CCC(CC)C(=O)N1CCC(Oc2ccc(N(C)S(=O)(=O)C3CC3)cn2)CC1. The minimum absolute atomic E-state index is 0.0250. The van der Waals surface area contributed by atoms with Crippen molar-refractivity contribution >= 4 is 21.6 Å². The van der Waals surface area contributed by atoms with E-state index in [1.54, 1.807) is 25.4 Å². The normalized spacial score (nSPS) is 18.4. The molecule has 2 fully saturated rings. The van der Waals surface area contributed by atoms with Crippen LogP contribution in [0, 0.1) is 5.92 Å². The van der Waals surface area contributed by atoms with Crippen molar-refractivity contribution in [3.63, 3.8) is 0 Å². The van der Waals surface area contributed by atoms with E-state index < -0.39 is 10.0 Å². The van der Waals surface area contributed by atoms with Crippen molar-refractivity contribution in [2.45, 2.75) is 63.7 Å². The molecule has 1 saturated carbocycles. The van der Waals surface area contributed by atoms with Gasteiger partial charge in [0.25, 0.3) is 0 Å². The predicted octanol–water partition coefficient (Wildman–Crippen LogP) is 2.82. The van der Waals surface area contributed by atoms with E-state index in [9.17, 15) is 13.2 Å². The van der Waals surface area contributed by atoms with Gasteiger partial charge in [0.05, 0.1) is 17.1 Å². The first-order valence-corrected chi connectivity index (χ1v) is 11.8. The Labute approximate surface area is 168 Å². The Morgan fingerprint density at radius 2 is 1.86 bits per heavy atom. The average Bonchev–Trinajstić information content (AvgIpc) is 3.55. The fraction of sp³-hybridized carbons (Fsp3) is 0.700. The van der Waals surface area contributed by atoms with Crippen molar-refractivity contribution in [2.24, 2.45) is 5.92 Å². The number of carbonyl (C=O) groups is 1. The number of hydrogen-bond acceptors (Lipinski definition) is 5. The van der Waals surface area contributed by atoms with Crippen molar-refractivity contribution in [3.8, 4) is 5.88 Å². The van der Waals surface area contributed by atoms with Gasteiger partial charge >= 0.3 is 0 Å². The van der Waals surface area contributed by atoms with Crippen molar-refractivity contribution in [2.75, 3.05) is 24.4 Å². The van der Waals surface area contributed by atoms with E-state index in [0.717, 1.165) is 38.5 Å². The lowest BCUT2D eigenvalue weighted by Crippen LogP contribution is -2.44. The second-order valence-corrected chi connectivity index (χ2v) is 9.97. The summed E-state index contributed by atoms with van der Waals surface area (Å²) in [5.41, 5.74) is 0.546. The summed E-state index contributed by atoms with van der Waals surface area (Å²) in [4.78, 5) is 18.7. The van der Waals surface area contributed by atoms with Gasteiger partial charge in [-0.05, 0) is 31.7 Å². The highest BCUT2D eigenvalue weighted by Gasteiger charge is 2.39. The number of hydrogen-bond donors (Lipinski definition) is 0. The summed E-state index contributed by atoms with van der Waals surface area (Å²) in [6, 6.07) is 3.45. The summed E-state index contributed by atoms with van der Waals surface area (Å²) in [5.74, 6) is 0.868. The zero-order valence-corrected chi connectivity index (χ0v) is 17.8. The summed E-state index contributed by atoms with van der Waals surface area (Å²) in [6.07, 6.45) is 6.37. The molecule has 1 saturated heterocycles. The lowest BCUT2D eigenvalue weighted by Gasteiger charge is -2.33. The Kier molecular flexibility index (Phi) is 6.47. The number of anilines is 1. The van der Waals surface area contributed by atoms with Gasteiger partial charge in [0, 0.05) is 45.0 Å². The van der Waals surface area contributed by atoms with E-state index in [1.165, 1.54) is 4.31 Å². The summed E-state index contributed by atoms with van der Waals surface area (Å²) >= 11 is 0. The van der Waals surface area contributed by atoms with Crippen LogP contribution in [0.3, 0.4) is 0 Å². The van der Waals surface area contributed by atoms with E-state index >= 15 is 0 Å². The summed E-state index contributed by atoms with van der Waals surface area (Å²) in [7, 11) is -1.70. The molecule has 3 rings (SSSR count). The molecule has 2 aliphatic rings. The molecule has 0 atom stereocenters. The van der Waals surface area contributed by atoms with E-state index in [0.29, 0.717) is 24.7 Å². The number of likely N-dealkylation sites (tertiary alicyclic amines) is 1. The summed E-state index contributed by atoms with van der Waals surface area (Å²) in [5, 5.41) is -0.249. The maximum Gasteiger partial charge on any atom is 0.237 e. The number of sulfonamides is 1. The van der Waals surface area contributed by atoms with E-state index in [1.807, 2.05) is 4.90 Å². The van der Waals surface area contributed by atoms with Crippen molar-refractivity contribution in [3.05, 3.63) is 18.3 Å². The number of nitrogens with zero attached hydrogens (tertiary/aromatic N) is 3. The third-order valence-corrected chi connectivity index (χ3v) is 8.08. The molecule has 1 aliphatic carbocycles. The highest BCUT2D eigenvalue weighted by Crippen LogP contribution is 2.33. The van der Waals surface area contributed by atoms with E-state index in [2.05, 4.69) is 18.8 Å². The fourth-order valence-electron chi connectivity index (χ4n) is 3.63. The molecule has 2 heterocycles. The molecule has 156 valence electrons. The van der Waals surface area contributed by atoms with Gasteiger partial charge in [-0.2, -0.15) is 0 Å². The molecule has 0 unspecified atom stereocenters. The zero-order chi connectivity index (χ0) is 20.3. The zero-order valence-electron chi connectivity index (χ0n) is 17.0. The number of amides is 1. The first-order chi connectivity index (χ1) is 13.4. The molecule has 1 amide bonds. The molecule has 0 spiro atoms. The monoisotopic (exact) mass is 409 g/mol. The molecule has 28 heavy (non-hydrogen) atoms. The van der Waals surface area contributed by atoms with Gasteiger partial charge in [0.15, 0.2) is 0 Å². The van der Waals surface area contributed by atoms with Gasteiger partial charge in [-0.15, -0.1) is 0 Å². The first-order valence-electron chi connectivity index (χ1n) is 10.3. The Morgan fingerprint density at radius 3 is 2.36 bits per heavy atom. The van der Waals surface area contributed by atoms with Gasteiger partial charge in [0.2, 0.25) is 21.8 Å². The molecule has 0 bridgehead atoms. The second kappa shape index (κ2) is 8.68. The maximum atomic E-state index is 12.5. The number of ether oxygens (including phenoxy) is 1. The summed E-state index contributed by atoms with van der Waals surface area (Å²) < 4.78 is 31.9. The molecular weight excluding hydrogens is 378 g/mol. The van der Waals surface area contributed by atoms with Crippen LogP contribution in [0.5, 0.6) is 5.88 Å². The van der Waals surface area contributed by atoms with Crippen LogP contribution in [-0.2, 0) is 14.8 Å². The molecule has 0 radical (unpaired) electrons. The van der Waals surface area contributed by atoms with Crippen molar-refractivity contribution in [1.82, 2.24) is 9.88 Å². The average molecular weight is 410 g/mol. The van der Waals surface area contributed by atoms with Crippen LogP contribution in [0.1, 0.15) is 52.4 Å². The number of pyridine rings is 1. The molecule has 7 nitrogen and oxygen atoms in total. The van der Waals surface area contributed by atoms with Crippen LogP contribution in [0.2, 0.25) is 0 Å². The Hall–Kier alpha value is -1.83. The molecule has 8 heteroatoms. The van der Waals surface area contributed by atoms with Gasteiger partial charge < -0.3 is 9.64 Å². The third kappa shape index (κ3) is 4.59. The largest absolute Gasteiger partial charge is 0.474 e. The van der Waals surface area contributed by atoms with Crippen LogP contribution in [-0.4, -0.2) is 55.7 Å². The Morgan fingerprint density at radius 1 is 1.21 bits per heavy atom. The minimum Gasteiger partial charge on any atom is -0.474 e. The lowest BCUT2D eigenvalue weighted by atomic mass is 9.99. The van der Waals surface area contributed by atoms with Crippen LogP contribution >= 0.6 is 0 Å². The van der Waals surface area contributed by atoms with E-state index in [-0.39, 0.29) is 23.2 Å². The fourth-order valence-corrected chi connectivity index (χ4v) is 5.21. The third-order valence-electron chi connectivity index (χ3n) is 5.79. The molecule has 1 aliphatic heterocycles. The predicted molar refractivity (Wildman–Crippen MR) is 109 cm³/mol. The Bertz CT molecular complexity index is 765. The van der Waals surface area contributed by atoms with Gasteiger partial charge in [0.1, 0.15) is 6.10 Å². The van der Waals surface area contributed by atoms with Gasteiger partial charge in [-0.3, -0.25) is 9.10 Å². The van der Waals surface area contributed by atoms with E-state index in [4.69, 9.17) is 4.74 Å². The quantitative estimate of drug-likeness (QED) is 0.660. The van der Waals surface area contributed by atoms with Crippen LogP contribution in [0.4, 0.5) is 5.69 Å². The maximum absolute atomic E-state index is 12.5. The second-order valence-electron chi connectivity index (χ2n) is 7.72. The standard InChI is InChI=1S/C20H31N3O4S/c1-4-15(5-2)20(24)23-12-10-17(11-13-23)27-19-9-6-16(14-21-19)22(3)28(25,26)18-7-8-18/h6,9,14-15,17-18H,4-5,7-8,10-13H2,1-3H3. The summed E-state index contributed by atoms with van der Waals surface area (Å²) in [6.45, 7) is 5.54. The highest BCUT2D eigenvalue weighted by molar-refractivity contribution is 7.93. The lowest BCUT2D eigenvalue weighted by molar-refractivity contribution is -0.137. The highest BCUT2D eigenvalue weighted by atomic mass is 32.2.